The number of hydrogen-bond acceptors (Lipinski definition) is 7. The number of fused-ring (bicyclic) bond motifs is 4. The van der Waals surface area contributed by atoms with Crippen LogP contribution in [-0.2, 0) is 9.53 Å². The molecule has 2 aromatic carbocycles. The standard InChI is InChI=1S/C27H19ClN2O5S/c1-26-21(24(32)33-2)27(26)22(16-8-4-6-10-19(16)35-27)30-23(31)20(36-25(30)29-26)13-14-11-12-18(34-14)15-7-3-5-9-17(15)28/h3-13,21-22H,1-2H3/b20-13+. The van der Waals surface area contributed by atoms with E-state index in [0.717, 1.165) is 11.1 Å². The number of carbonyl (C=O) groups excluding carboxylic acids is 1. The molecule has 4 heterocycles. The van der Waals surface area contributed by atoms with Gasteiger partial charge in [0.2, 0.25) is 0 Å². The zero-order valence-electron chi connectivity index (χ0n) is 19.2. The van der Waals surface area contributed by atoms with Crippen molar-refractivity contribution in [1.82, 2.24) is 4.57 Å². The molecule has 7 rings (SSSR count). The Balaban J connectivity index is 1.40. The summed E-state index contributed by atoms with van der Waals surface area (Å²) in [6.07, 6.45) is 1.72. The number of furan rings is 1. The summed E-state index contributed by atoms with van der Waals surface area (Å²) in [7, 11) is 1.36. The third kappa shape index (κ3) is 2.60. The van der Waals surface area contributed by atoms with Gasteiger partial charge in [-0.05, 0) is 37.3 Å². The Morgan fingerprint density at radius 2 is 1.94 bits per heavy atom. The number of methoxy groups -OCH3 is 1. The number of ether oxygens (including phenoxy) is 2. The average molecular weight is 519 g/mol. The van der Waals surface area contributed by atoms with Crippen molar-refractivity contribution in [2.45, 2.75) is 24.1 Å². The van der Waals surface area contributed by atoms with Gasteiger partial charge in [-0.2, -0.15) is 0 Å². The van der Waals surface area contributed by atoms with Crippen molar-refractivity contribution in [3.05, 3.63) is 96.7 Å². The van der Waals surface area contributed by atoms with Gasteiger partial charge < -0.3 is 13.9 Å². The Kier molecular flexibility index (Phi) is 4.34. The first-order valence-corrected chi connectivity index (χ1v) is 12.6. The maximum atomic E-state index is 13.8. The Morgan fingerprint density at radius 1 is 1.17 bits per heavy atom. The van der Waals surface area contributed by atoms with Crippen LogP contribution >= 0.6 is 22.9 Å². The van der Waals surface area contributed by atoms with Gasteiger partial charge in [-0.3, -0.25) is 14.2 Å². The molecule has 0 N–H and O–H groups in total. The van der Waals surface area contributed by atoms with Crippen LogP contribution in [-0.4, -0.2) is 28.8 Å². The highest BCUT2D eigenvalue weighted by Gasteiger charge is 2.88. The van der Waals surface area contributed by atoms with Gasteiger partial charge in [0, 0.05) is 17.2 Å². The maximum absolute atomic E-state index is 13.8. The monoisotopic (exact) mass is 518 g/mol. The van der Waals surface area contributed by atoms with E-state index in [2.05, 4.69) is 0 Å². The number of nitrogens with zero attached hydrogens (tertiary/aromatic N) is 2. The number of benzene rings is 2. The summed E-state index contributed by atoms with van der Waals surface area (Å²) in [4.78, 5) is 32.0. The molecule has 2 aromatic heterocycles. The Bertz CT molecular complexity index is 1770. The molecule has 1 spiro atoms. The number of halogens is 1. The third-order valence-corrected chi connectivity index (χ3v) is 8.81. The van der Waals surface area contributed by atoms with Crippen LogP contribution in [0.15, 0.2) is 74.9 Å². The molecule has 9 heteroatoms. The fourth-order valence-corrected chi connectivity index (χ4v) is 7.13. The second-order valence-corrected chi connectivity index (χ2v) is 10.7. The number of carbonyl (C=O) groups is 1. The van der Waals surface area contributed by atoms with Crippen LogP contribution < -0.4 is 19.6 Å². The van der Waals surface area contributed by atoms with Crippen molar-refractivity contribution in [2.75, 3.05) is 7.11 Å². The second kappa shape index (κ2) is 7.21. The number of thiazole rings is 1. The van der Waals surface area contributed by atoms with Gasteiger partial charge in [-0.25, -0.2) is 4.99 Å². The van der Waals surface area contributed by atoms with E-state index in [1.165, 1.54) is 18.4 Å². The van der Waals surface area contributed by atoms with Crippen molar-refractivity contribution in [2.24, 2.45) is 10.9 Å². The molecule has 0 saturated heterocycles. The van der Waals surface area contributed by atoms with Crippen LogP contribution in [0, 0.1) is 5.92 Å². The highest BCUT2D eigenvalue weighted by Crippen LogP contribution is 2.70. The summed E-state index contributed by atoms with van der Waals surface area (Å²) < 4.78 is 19.7. The van der Waals surface area contributed by atoms with Gasteiger partial charge in [0.25, 0.3) is 5.56 Å². The largest absolute Gasteiger partial charge is 0.481 e. The van der Waals surface area contributed by atoms with Gasteiger partial charge >= 0.3 is 5.97 Å². The zero-order valence-corrected chi connectivity index (χ0v) is 20.8. The van der Waals surface area contributed by atoms with Gasteiger partial charge in [-0.1, -0.05) is 53.3 Å². The van der Waals surface area contributed by atoms with E-state index in [0.29, 0.717) is 31.6 Å². The van der Waals surface area contributed by atoms with Crippen LogP contribution in [0.2, 0.25) is 5.02 Å². The summed E-state index contributed by atoms with van der Waals surface area (Å²) >= 11 is 7.58. The SMILES string of the molecule is COC(=O)C1C2(C)N=c3s/c(=C/c4ccc(-c5ccccc5Cl)o4)c(=O)n3C3c4ccccc4OC312. The van der Waals surface area contributed by atoms with Crippen molar-refractivity contribution < 1.29 is 18.7 Å². The van der Waals surface area contributed by atoms with E-state index in [1.807, 2.05) is 55.5 Å². The number of aromatic nitrogens is 1. The molecule has 1 aliphatic carbocycles. The number of rotatable bonds is 3. The number of para-hydroxylation sites is 1. The first kappa shape index (κ1) is 21.6. The summed E-state index contributed by atoms with van der Waals surface area (Å²) in [5.41, 5.74) is -0.422. The van der Waals surface area contributed by atoms with Crippen molar-refractivity contribution in [3.63, 3.8) is 0 Å². The molecule has 3 aliphatic rings. The predicted octanol–water partition coefficient (Wildman–Crippen LogP) is 3.57. The molecule has 180 valence electrons. The molecule has 4 atom stereocenters. The number of esters is 1. The van der Waals surface area contributed by atoms with E-state index in [1.54, 1.807) is 22.8 Å². The van der Waals surface area contributed by atoms with E-state index in [4.69, 9.17) is 30.5 Å². The quantitative estimate of drug-likeness (QED) is 0.387. The summed E-state index contributed by atoms with van der Waals surface area (Å²) in [6, 6.07) is 18.1. The summed E-state index contributed by atoms with van der Waals surface area (Å²) in [5.74, 6) is 0.793. The first-order chi connectivity index (χ1) is 17.4. The molecule has 1 saturated carbocycles. The van der Waals surface area contributed by atoms with Gasteiger partial charge in [0.15, 0.2) is 10.4 Å². The van der Waals surface area contributed by atoms with Crippen LogP contribution in [0.5, 0.6) is 5.75 Å². The lowest BCUT2D eigenvalue weighted by Gasteiger charge is -2.26. The smallest absolute Gasteiger partial charge is 0.315 e. The second-order valence-electron chi connectivity index (χ2n) is 9.30. The lowest BCUT2D eigenvalue weighted by Crippen LogP contribution is -2.47. The minimum absolute atomic E-state index is 0.211. The fraction of sp³-hybridized carbons (Fsp3) is 0.222. The Morgan fingerprint density at radius 3 is 2.75 bits per heavy atom. The van der Waals surface area contributed by atoms with E-state index >= 15 is 0 Å². The van der Waals surface area contributed by atoms with Gasteiger partial charge in [0.1, 0.15) is 34.8 Å². The molecular weight excluding hydrogens is 500 g/mol. The molecular formula is C27H19ClN2O5S. The minimum Gasteiger partial charge on any atom is -0.481 e. The topological polar surface area (TPSA) is 83.0 Å². The molecule has 1 fully saturated rings. The van der Waals surface area contributed by atoms with Gasteiger partial charge in [-0.15, -0.1) is 0 Å². The third-order valence-electron chi connectivity index (χ3n) is 7.50. The van der Waals surface area contributed by atoms with Crippen LogP contribution in [0.1, 0.15) is 24.3 Å². The minimum atomic E-state index is -0.999. The van der Waals surface area contributed by atoms with Gasteiger partial charge in [0.05, 0.1) is 16.7 Å². The lowest BCUT2D eigenvalue weighted by molar-refractivity contribution is -0.144. The highest BCUT2D eigenvalue weighted by molar-refractivity contribution is 7.07. The van der Waals surface area contributed by atoms with E-state index in [9.17, 15) is 9.59 Å². The molecule has 2 aliphatic heterocycles. The Labute approximate surface area is 213 Å². The molecule has 0 bridgehead atoms. The van der Waals surface area contributed by atoms with Crippen molar-refractivity contribution in [3.8, 4) is 17.1 Å². The van der Waals surface area contributed by atoms with Crippen molar-refractivity contribution >= 4 is 35.0 Å². The summed E-state index contributed by atoms with van der Waals surface area (Å²) in [6.45, 7) is 1.90. The molecule has 4 aromatic rings. The average Bonchev–Trinajstić information content (AvgIpc) is 3.27. The van der Waals surface area contributed by atoms with Crippen molar-refractivity contribution in [1.29, 1.82) is 0 Å². The Hall–Kier alpha value is -3.62. The zero-order chi connectivity index (χ0) is 24.8. The van der Waals surface area contributed by atoms with E-state index in [-0.39, 0.29) is 5.56 Å². The van der Waals surface area contributed by atoms with Crippen LogP contribution in [0.4, 0.5) is 0 Å². The fourth-order valence-electron chi connectivity index (χ4n) is 5.83. The maximum Gasteiger partial charge on any atom is 0.315 e. The summed E-state index contributed by atoms with van der Waals surface area (Å²) in [5, 5.41) is 0.585. The van der Waals surface area contributed by atoms with Crippen LogP contribution in [0.3, 0.4) is 0 Å². The molecule has 0 radical (unpaired) electrons. The molecule has 4 unspecified atom stereocenters. The molecule has 36 heavy (non-hydrogen) atoms. The molecule has 0 amide bonds. The lowest BCUT2D eigenvalue weighted by atomic mass is 9.97. The molecule has 7 nitrogen and oxygen atoms in total. The number of hydrogen-bond donors (Lipinski definition) is 0. The van der Waals surface area contributed by atoms with E-state index < -0.39 is 29.1 Å². The first-order valence-electron chi connectivity index (χ1n) is 11.4. The van der Waals surface area contributed by atoms with Crippen LogP contribution in [0.25, 0.3) is 17.4 Å². The predicted molar refractivity (Wildman–Crippen MR) is 134 cm³/mol. The normalized spacial score (nSPS) is 27.2. The highest BCUT2D eigenvalue weighted by atomic mass is 35.5.